The van der Waals surface area contributed by atoms with Crippen molar-refractivity contribution in [3.05, 3.63) is 146 Å². The number of methoxy groups -OCH3 is 2. The number of hydroxylamine groups is 2. The van der Waals surface area contributed by atoms with Gasteiger partial charge in [-0.1, -0.05) is 30.6 Å². The van der Waals surface area contributed by atoms with Gasteiger partial charge in [-0.15, -0.1) is 0 Å². The van der Waals surface area contributed by atoms with Crippen LogP contribution >= 0.6 is 39.1 Å². The van der Waals surface area contributed by atoms with Crippen molar-refractivity contribution in [1.82, 2.24) is 40.4 Å². The van der Waals surface area contributed by atoms with Crippen LogP contribution in [0.4, 0.5) is 8.78 Å². The number of nitrogens with one attached hydrogen (secondary N) is 3. The molecule has 0 aliphatic carbocycles. The molecule has 3 N–H and O–H groups in total. The van der Waals surface area contributed by atoms with Gasteiger partial charge in [-0.3, -0.25) is 19.7 Å². The zero-order valence-corrected chi connectivity index (χ0v) is 33.9. The van der Waals surface area contributed by atoms with E-state index in [2.05, 4.69) is 61.8 Å². The van der Waals surface area contributed by atoms with Crippen molar-refractivity contribution in [2.24, 2.45) is 9.98 Å². The molecule has 0 saturated heterocycles. The SMILES string of the molecule is C.COc1nc(C2=NC(c3cc(F)cc(Cl)c3)CON2)ccc1-n1cnc(C)c1.COc1nc(C2=NC(c3cc(F)cc(Cl)c3)CON2)ccc1Br.Cc1cnc[nH]1. The van der Waals surface area contributed by atoms with Crippen LogP contribution in [-0.4, -0.2) is 68.6 Å². The van der Waals surface area contributed by atoms with Crippen LogP contribution in [0.1, 0.15) is 53.4 Å². The number of benzene rings is 2. The maximum absolute atomic E-state index is 13.7. The Balaban J connectivity index is 0.000000193. The number of ether oxygens (including phenoxy) is 2. The maximum atomic E-state index is 13.7. The van der Waals surface area contributed by atoms with Crippen molar-refractivity contribution in [1.29, 1.82) is 0 Å². The molecule has 14 nitrogen and oxygen atoms in total. The highest BCUT2D eigenvalue weighted by molar-refractivity contribution is 9.10. The maximum Gasteiger partial charge on any atom is 0.238 e. The normalized spacial score (nSPS) is 15.7. The Kier molecular flexibility index (Phi) is 15.3. The summed E-state index contributed by atoms with van der Waals surface area (Å²) in [6.07, 6.45) is 7.01. The third kappa shape index (κ3) is 11.3. The molecule has 304 valence electrons. The average molecular weight is 901 g/mol. The Morgan fingerprint density at radius 3 is 1.79 bits per heavy atom. The Labute approximate surface area is 351 Å². The number of aryl methyl sites for hydroxylation is 2. The van der Waals surface area contributed by atoms with E-state index in [0.717, 1.165) is 21.5 Å². The van der Waals surface area contributed by atoms with Crippen LogP contribution in [0, 0.1) is 25.5 Å². The molecule has 6 heterocycles. The van der Waals surface area contributed by atoms with Gasteiger partial charge in [0.2, 0.25) is 11.8 Å². The summed E-state index contributed by atoms with van der Waals surface area (Å²) in [5, 5.41) is 0.628. The van der Waals surface area contributed by atoms with Gasteiger partial charge in [-0.2, -0.15) is 0 Å². The molecule has 2 aromatic carbocycles. The van der Waals surface area contributed by atoms with Gasteiger partial charge in [0, 0.05) is 28.1 Å². The molecular weight excluding hydrogens is 861 g/mol. The lowest BCUT2D eigenvalue weighted by molar-refractivity contribution is 0.0620. The lowest BCUT2D eigenvalue weighted by atomic mass is 10.1. The highest BCUT2D eigenvalue weighted by Gasteiger charge is 2.23. The molecule has 2 aliphatic rings. The van der Waals surface area contributed by atoms with Crippen LogP contribution in [0.15, 0.2) is 100 Å². The first-order valence-electron chi connectivity index (χ1n) is 17.0. The first-order valence-corrected chi connectivity index (χ1v) is 18.6. The lowest BCUT2D eigenvalue weighted by Gasteiger charge is -2.22. The fourth-order valence-corrected chi connectivity index (χ4v) is 6.26. The van der Waals surface area contributed by atoms with E-state index >= 15 is 0 Å². The van der Waals surface area contributed by atoms with E-state index in [0.29, 0.717) is 56.0 Å². The molecule has 0 fully saturated rings. The molecule has 0 amide bonds. The lowest BCUT2D eigenvalue weighted by Crippen LogP contribution is -2.33. The number of H-pyrrole nitrogens is 1. The number of aromatic nitrogens is 6. The molecule has 0 saturated carbocycles. The van der Waals surface area contributed by atoms with Crippen molar-refractivity contribution in [2.45, 2.75) is 33.4 Å². The monoisotopic (exact) mass is 898 g/mol. The quantitative estimate of drug-likeness (QED) is 0.142. The molecule has 58 heavy (non-hydrogen) atoms. The minimum Gasteiger partial charge on any atom is -0.480 e. The molecule has 2 atom stereocenters. The van der Waals surface area contributed by atoms with Gasteiger partial charge in [-0.05, 0) is 102 Å². The number of nitrogens with zero attached hydrogens (tertiary/aromatic N) is 7. The summed E-state index contributed by atoms with van der Waals surface area (Å²) in [6, 6.07) is 15.1. The van der Waals surface area contributed by atoms with E-state index in [1.807, 2.05) is 30.7 Å². The Bertz CT molecular complexity index is 2340. The summed E-state index contributed by atoms with van der Waals surface area (Å²) in [6.45, 7) is 4.37. The van der Waals surface area contributed by atoms with Crippen LogP contribution in [0.3, 0.4) is 0 Å². The third-order valence-corrected chi connectivity index (χ3v) is 9.12. The smallest absolute Gasteiger partial charge is 0.238 e. The number of aromatic amines is 1. The minimum atomic E-state index is -0.419. The molecule has 0 radical (unpaired) electrons. The molecule has 2 aliphatic heterocycles. The van der Waals surface area contributed by atoms with Crippen molar-refractivity contribution >= 4 is 50.8 Å². The second kappa shape index (κ2) is 20.3. The summed E-state index contributed by atoms with van der Waals surface area (Å²) in [5.41, 5.74) is 10.6. The number of amidine groups is 2. The molecular formula is C39H39BrCl2F2N10O4. The van der Waals surface area contributed by atoms with Gasteiger partial charge in [0.05, 0.1) is 37.0 Å². The summed E-state index contributed by atoms with van der Waals surface area (Å²) in [4.78, 5) is 39.6. The third-order valence-electron chi connectivity index (χ3n) is 8.08. The van der Waals surface area contributed by atoms with Crippen LogP contribution in [0.5, 0.6) is 11.8 Å². The van der Waals surface area contributed by atoms with Crippen molar-refractivity contribution < 1.29 is 27.9 Å². The summed E-state index contributed by atoms with van der Waals surface area (Å²) in [5.74, 6) is 0.873. The fraction of sp³-hybridized carbons (Fsp3) is 0.231. The van der Waals surface area contributed by atoms with E-state index in [-0.39, 0.29) is 26.7 Å². The van der Waals surface area contributed by atoms with E-state index in [4.69, 9.17) is 42.4 Å². The van der Waals surface area contributed by atoms with Crippen molar-refractivity contribution in [3.63, 3.8) is 0 Å². The van der Waals surface area contributed by atoms with E-state index in [1.165, 1.54) is 31.4 Å². The molecule has 2 unspecified atom stereocenters. The van der Waals surface area contributed by atoms with E-state index < -0.39 is 17.7 Å². The first-order chi connectivity index (χ1) is 27.5. The average Bonchev–Trinajstić information content (AvgIpc) is 3.88. The predicted octanol–water partition coefficient (Wildman–Crippen LogP) is 8.42. The van der Waals surface area contributed by atoms with Crippen molar-refractivity contribution in [2.75, 3.05) is 27.4 Å². The molecule has 19 heteroatoms. The van der Waals surface area contributed by atoms with E-state index in [1.54, 1.807) is 56.3 Å². The van der Waals surface area contributed by atoms with Gasteiger partial charge >= 0.3 is 0 Å². The van der Waals surface area contributed by atoms with Gasteiger partial charge in [0.15, 0.2) is 11.7 Å². The van der Waals surface area contributed by atoms with Crippen molar-refractivity contribution in [3.8, 4) is 17.4 Å². The van der Waals surface area contributed by atoms with Gasteiger partial charge in [-0.25, -0.2) is 39.7 Å². The van der Waals surface area contributed by atoms with Gasteiger partial charge in [0.1, 0.15) is 54.0 Å². The predicted molar refractivity (Wildman–Crippen MR) is 221 cm³/mol. The number of halogens is 5. The Morgan fingerprint density at radius 2 is 1.34 bits per heavy atom. The van der Waals surface area contributed by atoms with E-state index in [9.17, 15) is 8.78 Å². The zero-order valence-electron chi connectivity index (χ0n) is 30.8. The van der Waals surface area contributed by atoms with Crippen LogP contribution in [-0.2, 0) is 9.68 Å². The number of pyridine rings is 2. The first kappa shape index (κ1) is 43.7. The standard InChI is InChI=1S/C19H17ClFN5O2.C15H12BrClFN3O2.C4H6N2.CH4/c1-11-8-26(10-22-11)17-4-3-15(24-19(17)27-2)18-23-16(9-28-25-18)12-5-13(20)7-14(21)6-12;1-22-15-11(16)2-3-12(20-15)14-19-13(7-23-21-14)8-4-9(17)6-10(18)5-8;1-4-2-5-3-6-4;/h3-8,10,16H,9H2,1-2H3,(H,23,25);2-6,13H,7H2,1H3,(H,19,21);2-3H,1H3,(H,5,6);1H4. The topological polar surface area (TPSA) is 158 Å². The number of aliphatic imine (C=N–C) groups is 2. The Morgan fingerprint density at radius 1 is 0.793 bits per heavy atom. The second-order valence-corrected chi connectivity index (χ2v) is 14.0. The molecule has 8 rings (SSSR count). The Hall–Kier alpha value is -5.46. The largest absolute Gasteiger partial charge is 0.480 e. The van der Waals surface area contributed by atoms with Crippen LogP contribution in [0.2, 0.25) is 10.0 Å². The number of imidazole rings is 2. The van der Waals surface area contributed by atoms with Crippen LogP contribution < -0.4 is 20.4 Å². The van der Waals surface area contributed by atoms with Gasteiger partial charge in [0.25, 0.3) is 0 Å². The molecule has 6 aromatic rings. The molecule has 0 spiro atoms. The fourth-order valence-electron chi connectivity index (χ4n) is 5.42. The summed E-state index contributed by atoms with van der Waals surface area (Å²) >= 11 is 15.2. The number of rotatable bonds is 7. The van der Waals surface area contributed by atoms with Crippen LogP contribution in [0.25, 0.3) is 5.69 Å². The summed E-state index contributed by atoms with van der Waals surface area (Å²) < 4.78 is 40.4. The number of hydrogen-bond acceptors (Lipinski definition) is 12. The number of hydrogen-bond donors (Lipinski definition) is 3. The molecule has 0 bridgehead atoms. The highest BCUT2D eigenvalue weighted by Crippen LogP contribution is 2.29. The zero-order chi connectivity index (χ0) is 40.5. The second-order valence-electron chi connectivity index (χ2n) is 12.3. The summed E-state index contributed by atoms with van der Waals surface area (Å²) in [7, 11) is 3.07. The highest BCUT2D eigenvalue weighted by atomic mass is 79.9. The molecule has 4 aromatic heterocycles. The van der Waals surface area contributed by atoms with Gasteiger partial charge < -0.3 is 19.0 Å². The minimum absolute atomic E-state index is 0.